The zero-order chi connectivity index (χ0) is 13.1. The molecule has 0 saturated carbocycles. The van der Waals surface area contributed by atoms with Gasteiger partial charge in [0.1, 0.15) is 6.10 Å². The van der Waals surface area contributed by atoms with Gasteiger partial charge in [-0.2, -0.15) is 0 Å². The Hall–Kier alpha value is -1.15. The van der Waals surface area contributed by atoms with E-state index in [1.165, 1.54) is 6.07 Å². The first-order valence-electron chi connectivity index (χ1n) is 5.52. The molecular weight excluding hydrogens is 349 g/mol. The highest BCUT2D eigenvalue weighted by atomic mass is 127. The fraction of sp³-hybridized carbons (Fsp3) is 0.333. The van der Waals surface area contributed by atoms with E-state index in [4.69, 9.17) is 9.84 Å². The molecule has 18 heavy (non-hydrogen) atoms. The molecule has 0 aromatic heterocycles. The molecule has 2 rings (SSSR count). The number of aromatic carboxylic acids is 1. The minimum Gasteiger partial charge on any atom is -0.478 e. The Kier molecular flexibility index (Phi) is 4.18. The van der Waals surface area contributed by atoms with Crippen LogP contribution in [0.3, 0.4) is 0 Å². The van der Waals surface area contributed by atoms with Crippen molar-refractivity contribution in [1.29, 1.82) is 0 Å². The molecule has 0 radical (unpaired) electrons. The second-order valence-corrected chi connectivity index (χ2v) is 5.27. The summed E-state index contributed by atoms with van der Waals surface area (Å²) >= 11 is 2.01. The van der Waals surface area contributed by atoms with Crippen molar-refractivity contribution in [3.8, 4) is 0 Å². The predicted octanol–water partition coefficient (Wildman–Crippen LogP) is 2.11. The van der Waals surface area contributed by atoms with E-state index in [2.05, 4.69) is 5.32 Å². The molecule has 96 valence electrons. The number of amides is 1. The highest BCUT2D eigenvalue weighted by molar-refractivity contribution is 14.1. The van der Waals surface area contributed by atoms with E-state index < -0.39 is 12.1 Å². The number of anilines is 1. The van der Waals surface area contributed by atoms with Crippen LogP contribution in [0.25, 0.3) is 0 Å². The van der Waals surface area contributed by atoms with Gasteiger partial charge in [0, 0.05) is 15.9 Å². The van der Waals surface area contributed by atoms with Gasteiger partial charge in [-0.3, -0.25) is 4.79 Å². The zero-order valence-corrected chi connectivity index (χ0v) is 11.6. The van der Waals surface area contributed by atoms with Gasteiger partial charge in [-0.1, -0.05) is 0 Å². The Bertz CT molecular complexity index is 483. The van der Waals surface area contributed by atoms with Crippen LogP contribution in [0.15, 0.2) is 18.2 Å². The van der Waals surface area contributed by atoms with Gasteiger partial charge in [0.25, 0.3) is 5.91 Å². The number of benzene rings is 1. The number of nitrogens with one attached hydrogen (secondary N) is 1. The second-order valence-electron chi connectivity index (χ2n) is 4.02. The first-order valence-corrected chi connectivity index (χ1v) is 6.60. The highest BCUT2D eigenvalue weighted by Crippen LogP contribution is 2.19. The molecule has 2 N–H and O–H groups in total. The van der Waals surface area contributed by atoms with Crippen molar-refractivity contribution in [2.75, 3.05) is 11.9 Å². The molecule has 1 saturated heterocycles. The Morgan fingerprint density at radius 1 is 1.39 bits per heavy atom. The Morgan fingerprint density at radius 3 is 2.78 bits per heavy atom. The smallest absolute Gasteiger partial charge is 0.335 e. The molecule has 1 aliphatic rings. The van der Waals surface area contributed by atoms with Gasteiger partial charge >= 0.3 is 5.97 Å². The third kappa shape index (κ3) is 3.20. The Morgan fingerprint density at radius 2 is 2.17 bits per heavy atom. The largest absolute Gasteiger partial charge is 0.478 e. The number of rotatable bonds is 3. The lowest BCUT2D eigenvalue weighted by Gasteiger charge is -2.11. The maximum Gasteiger partial charge on any atom is 0.335 e. The van der Waals surface area contributed by atoms with E-state index in [1.807, 2.05) is 22.6 Å². The molecule has 1 unspecified atom stereocenters. The van der Waals surface area contributed by atoms with Crippen molar-refractivity contribution in [3.05, 3.63) is 27.3 Å². The standard InChI is InChI=1S/C12H12INO4/c13-8-4-7(12(16)17)5-9(6-8)14-11(15)10-2-1-3-18-10/h4-6,10H,1-3H2,(H,14,15)(H,16,17). The summed E-state index contributed by atoms with van der Waals surface area (Å²) < 4.78 is 6.02. The average Bonchev–Trinajstić information content (AvgIpc) is 2.81. The Balaban J connectivity index is 2.13. The molecule has 1 heterocycles. The van der Waals surface area contributed by atoms with Crippen LogP contribution in [0.4, 0.5) is 5.69 Å². The van der Waals surface area contributed by atoms with Crippen LogP contribution < -0.4 is 5.32 Å². The number of ether oxygens (including phenoxy) is 1. The van der Waals surface area contributed by atoms with Crippen LogP contribution in [0.2, 0.25) is 0 Å². The molecule has 1 fully saturated rings. The lowest BCUT2D eigenvalue weighted by atomic mass is 10.2. The maximum atomic E-state index is 11.8. The highest BCUT2D eigenvalue weighted by Gasteiger charge is 2.23. The van der Waals surface area contributed by atoms with Crippen LogP contribution in [0.5, 0.6) is 0 Å². The van der Waals surface area contributed by atoms with Crippen LogP contribution in [-0.4, -0.2) is 29.7 Å². The SMILES string of the molecule is O=C(O)c1cc(I)cc(NC(=O)C2CCCO2)c1. The van der Waals surface area contributed by atoms with Gasteiger partial charge < -0.3 is 15.2 Å². The van der Waals surface area contributed by atoms with Crippen molar-refractivity contribution < 1.29 is 19.4 Å². The summed E-state index contributed by atoms with van der Waals surface area (Å²) in [5, 5.41) is 11.6. The molecule has 6 heteroatoms. The molecule has 1 aromatic carbocycles. The van der Waals surface area contributed by atoms with Gasteiger partial charge in [0.15, 0.2) is 0 Å². The van der Waals surface area contributed by atoms with Crippen LogP contribution in [-0.2, 0) is 9.53 Å². The summed E-state index contributed by atoms with van der Waals surface area (Å²) in [6.07, 6.45) is 1.17. The van der Waals surface area contributed by atoms with Crippen LogP contribution in [0.1, 0.15) is 23.2 Å². The van der Waals surface area contributed by atoms with Crippen molar-refractivity contribution in [3.63, 3.8) is 0 Å². The van der Waals surface area contributed by atoms with Gasteiger partial charge in [0.05, 0.1) is 5.56 Å². The van der Waals surface area contributed by atoms with E-state index in [1.54, 1.807) is 12.1 Å². The first kappa shape index (κ1) is 13.3. The fourth-order valence-electron chi connectivity index (χ4n) is 1.79. The van der Waals surface area contributed by atoms with Gasteiger partial charge in [-0.25, -0.2) is 4.79 Å². The van der Waals surface area contributed by atoms with Gasteiger partial charge in [-0.05, 0) is 53.6 Å². The number of hydrogen-bond donors (Lipinski definition) is 2. The lowest BCUT2D eigenvalue weighted by molar-refractivity contribution is -0.124. The van der Waals surface area contributed by atoms with Crippen molar-refractivity contribution in [1.82, 2.24) is 0 Å². The first-order chi connectivity index (χ1) is 8.56. The van der Waals surface area contributed by atoms with Crippen LogP contribution >= 0.6 is 22.6 Å². The van der Waals surface area contributed by atoms with Crippen molar-refractivity contribution in [2.45, 2.75) is 18.9 Å². The number of carbonyl (C=O) groups is 2. The second kappa shape index (κ2) is 5.66. The molecule has 1 aromatic rings. The molecule has 1 amide bonds. The number of carboxylic acids is 1. The van der Waals surface area contributed by atoms with E-state index in [0.29, 0.717) is 18.7 Å². The molecular formula is C12H12INO4. The zero-order valence-electron chi connectivity index (χ0n) is 9.48. The van der Waals surface area contributed by atoms with Crippen molar-refractivity contribution >= 4 is 40.2 Å². The summed E-state index contributed by atoms with van der Waals surface area (Å²) in [4.78, 5) is 22.7. The minimum absolute atomic E-state index is 0.157. The quantitative estimate of drug-likeness (QED) is 0.809. The van der Waals surface area contributed by atoms with E-state index in [-0.39, 0.29) is 11.5 Å². The lowest BCUT2D eigenvalue weighted by Crippen LogP contribution is -2.27. The Labute approximate surface area is 118 Å². The summed E-state index contributed by atoms with van der Waals surface area (Å²) in [5.41, 5.74) is 0.643. The average molecular weight is 361 g/mol. The van der Waals surface area contributed by atoms with E-state index in [9.17, 15) is 9.59 Å². The number of carboxylic acid groups (broad SMARTS) is 1. The number of hydrogen-bond acceptors (Lipinski definition) is 3. The van der Waals surface area contributed by atoms with E-state index in [0.717, 1.165) is 9.99 Å². The van der Waals surface area contributed by atoms with Gasteiger partial charge in [0.2, 0.25) is 0 Å². The summed E-state index contributed by atoms with van der Waals surface area (Å²) in [6.45, 7) is 0.602. The fourth-order valence-corrected chi connectivity index (χ4v) is 2.46. The third-order valence-corrected chi connectivity index (χ3v) is 3.26. The molecule has 0 spiro atoms. The molecule has 1 aliphatic heterocycles. The topological polar surface area (TPSA) is 75.6 Å². The number of halogens is 1. The van der Waals surface area contributed by atoms with E-state index >= 15 is 0 Å². The molecule has 0 aliphatic carbocycles. The van der Waals surface area contributed by atoms with Crippen molar-refractivity contribution in [2.24, 2.45) is 0 Å². The molecule has 1 atom stereocenters. The molecule has 5 nitrogen and oxygen atoms in total. The number of carbonyl (C=O) groups excluding carboxylic acids is 1. The summed E-state index contributed by atoms with van der Waals surface area (Å²) in [6, 6.07) is 4.71. The maximum absolute atomic E-state index is 11.8. The van der Waals surface area contributed by atoms with Gasteiger partial charge in [-0.15, -0.1) is 0 Å². The monoisotopic (exact) mass is 361 g/mol. The van der Waals surface area contributed by atoms with Crippen LogP contribution in [0, 0.1) is 3.57 Å². The summed E-state index contributed by atoms with van der Waals surface area (Å²) in [7, 11) is 0. The minimum atomic E-state index is -1.01. The summed E-state index contributed by atoms with van der Waals surface area (Å²) in [5.74, 6) is -1.23. The predicted molar refractivity (Wildman–Crippen MR) is 73.7 cm³/mol. The normalized spacial score (nSPS) is 18.6. The third-order valence-electron chi connectivity index (χ3n) is 2.63. The molecule has 0 bridgehead atoms.